The van der Waals surface area contributed by atoms with E-state index in [2.05, 4.69) is 48.3 Å². The van der Waals surface area contributed by atoms with Gasteiger partial charge in [0.15, 0.2) is 0 Å². The predicted molar refractivity (Wildman–Crippen MR) is 89.2 cm³/mol. The maximum absolute atomic E-state index is 6.02. The molecular weight excluding hydrogens is 260 g/mol. The Morgan fingerprint density at radius 3 is 2.71 bits per heavy atom. The van der Waals surface area contributed by atoms with Crippen molar-refractivity contribution in [1.82, 2.24) is 10.2 Å². The maximum Gasteiger partial charge on any atom is 0.122 e. The van der Waals surface area contributed by atoms with Crippen molar-refractivity contribution in [2.75, 3.05) is 39.3 Å². The largest absolute Gasteiger partial charge is 0.493 e. The van der Waals surface area contributed by atoms with Gasteiger partial charge < -0.3 is 15.0 Å². The number of nitrogens with one attached hydrogen (secondary N) is 1. The number of nitrogens with zero attached hydrogens (tertiary/aromatic N) is 1. The number of benzene rings is 1. The van der Waals surface area contributed by atoms with E-state index in [4.69, 9.17) is 4.74 Å². The molecule has 1 N–H and O–H groups in total. The van der Waals surface area contributed by atoms with Gasteiger partial charge in [-0.05, 0) is 43.4 Å². The average Bonchev–Trinajstić information content (AvgIpc) is 2.55. The van der Waals surface area contributed by atoms with Gasteiger partial charge in [-0.2, -0.15) is 0 Å². The molecular formula is C18H30N2O. The summed E-state index contributed by atoms with van der Waals surface area (Å²) in [5.74, 6) is 1.65. The monoisotopic (exact) mass is 290 g/mol. The van der Waals surface area contributed by atoms with Crippen molar-refractivity contribution in [2.24, 2.45) is 0 Å². The van der Waals surface area contributed by atoms with Crippen molar-refractivity contribution in [2.45, 2.75) is 39.0 Å². The van der Waals surface area contributed by atoms with Gasteiger partial charge in [-0.25, -0.2) is 0 Å². The minimum Gasteiger partial charge on any atom is -0.493 e. The van der Waals surface area contributed by atoms with Crippen LogP contribution in [-0.2, 0) is 0 Å². The van der Waals surface area contributed by atoms with Gasteiger partial charge >= 0.3 is 0 Å². The van der Waals surface area contributed by atoms with Crippen LogP contribution >= 0.6 is 0 Å². The van der Waals surface area contributed by atoms with Crippen LogP contribution in [0.25, 0.3) is 0 Å². The van der Waals surface area contributed by atoms with Crippen molar-refractivity contribution >= 4 is 0 Å². The number of hydrogen-bond donors (Lipinski definition) is 1. The number of piperazine rings is 1. The van der Waals surface area contributed by atoms with Crippen LogP contribution < -0.4 is 10.1 Å². The van der Waals surface area contributed by atoms with E-state index in [0.717, 1.165) is 38.3 Å². The third kappa shape index (κ3) is 5.33. The van der Waals surface area contributed by atoms with Crippen LogP contribution in [0.2, 0.25) is 0 Å². The number of ether oxygens (including phenoxy) is 1. The molecule has 1 heterocycles. The number of unbranched alkanes of at least 4 members (excludes halogenated alkanes) is 1. The molecule has 1 aromatic rings. The lowest BCUT2D eigenvalue weighted by atomic mass is 9.98. The van der Waals surface area contributed by atoms with E-state index < -0.39 is 0 Å². The summed E-state index contributed by atoms with van der Waals surface area (Å²) in [7, 11) is 0. The Labute approximate surface area is 129 Å². The molecule has 0 bridgehead atoms. The molecule has 1 aliphatic heterocycles. The van der Waals surface area contributed by atoms with E-state index in [9.17, 15) is 0 Å². The molecule has 1 aliphatic rings. The van der Waals surface area contributed by atoms with Gasteiger partial charge in [0.1, 0.15) is 5.75 Å². The lowest BCUT2D eigenvalue weighted by Crippen LogP contribution is -2.43. The fourth-order valence-electron chi connectivity index (χ4n) is 2.79. The van der Waals surface area contributed by atoms with Crippen LogP contribution in [0.3, 0.4) is 0 Å². The van der Waals surface area contributed by atoms with Crippen LogP contribution in [0.1, 0.15) is 44.6 Å². The van der Waals surface area contributed by atoms with E-state index >= 15 is 0 Å². The highest BCUT2D eigenvalue weighted by Crippen LogP contribution is 2.28. The van der Waals surface area contributed by atoms with Gasteiger partial charge in [-0.1, -0.05) is 32.0 Å². The summed E-state index contributed by atoms with van der Waals surface area (Å²) < 4.78 is 6.02. The van der Waals surface area contributed by atoms with E-state index in [1.54, 1.807) is 0 Å². The molecule has 0 saturated carbocycles. The molecule has 118 valence electrons. The van der Waals surface area contributed by atoms with Crippen molar-refractivity contribution in [3.63, 3.8) is 0 Å². The summed E-state index contributed by atoms with van der Waals surface area (Å²) in [6.07, 6.45) is 3.52. The van der Waals surface area contributed by atoms with Gasteiger partial charge in [-0.3, -0.25) is 0 Å². The minimum atomic E-state index is 0.571. The lowest BCUT2D eigenvalue weighted by molar-refractivity contribution is 0.225. The first-order chi connectivity index (χ1) is 10.3. The standard InChI is InChI=1S/C18H30N2O/c1-3-16(2)17-8-4-5-9-18(17)21-15-7-6-12-20-13-10-19-11-14-20/h4-5,8-9,16,19H,3,6-7,10-15H2,1-2H3/t16-/m0/s1. The Morgan fingerprint density at radius 2 is 1.95 bits per heavy atom. The normalized spacial score (nSPS) is 17.6. The predicted octanol–water partition coefficient (Wildman–Crippen LogP) is 3.26. The van der Waals surface area contributed by atoms with E-state index in [1.807, 2.05) is 0 Å². The first-order valence-electron chi connectivity index (χ1n) is 8.46. The Kier molecular flexibility index (Phi) is 7.04. The molecule has 0 radical (unpaired) electrons. The van der Waals surface area contributed by atoms with Gasteiger partial charge in [0.25, 0.3) is 0 Å². The van der Waals surface area contributed by atoms with Crippen molar-refractivity contribution in [3.8, 4) is 5.75 Å². The van der Waals surface area contributed by atoms with Crippen LogP contribution in [0.4, 0.5) is 0 Å². The quantitative estimate of drug-likeness (QED) is 0.744. The van der Waals surface area contributed by atoms with E-state index in [0.29, 0.717) is 5.92 Å². The van der Waals surface area contributed by atoms with Crippen molar-refractivity contribution in [1.29, 1.82) is 0 Å². The molecule has 0 amide bonds. The molecule has 1 saturated heterocycles. The summed E-state index contributed by atoms with van der Waals surface area (Å²) >= 11 is 0. The molecule has 21 heavy (non-hydrogen) atoms. The molecule has 0 unspecified atom stereocenters. The first kappa shape index (κ1) is 16.3. The molecule has 0 spiro atoms. The zero-order valence-electron chi connectivity index (χ0n) is 13.6. The van der Waals surface area contributed by atoms with Gasteiger partial charge in [-0.15, -0.1) is 0 Å². The highest BCUT2D eigenvalue weighted by atomic mass is 16.5. The zero-order chi connectivity index (χ0) is 14.9. The van der Waals surface area contributed by atoms with E-state index in [-0.39, 0.29) is 0 Å². The van der Waals surface area contributed by atoms with Crippen molar-refractivity contribution < 1.29 is 4.74 Å². The SMILES string of the molecule is CC[C@H](C)c1ccccc1OCCCCN1CCNCC1. The smallest absolute Gasteiger partial charge is 0.122 e. The van der Waals surface area contributed by atoms with Crippen LogP contribution in [0, 0.1) is 0 Å². The molecule has 1 aromatic carbocycles. The Morgan fingerprint density at radius 1 is 1.19 bits per heavy atom. The van der Waals surface area contributed by atoms with Crippen LogP contribution in [0.5, 0.6) is 5.75 Å². The molecule has 2 rings (SSSR count). The lowest BCUT2D eigenvalue weighted by Gasteiger charge is -2.27. The van der Waals surface area contributed by atoms with Gasteiger partial charge in [0.05, 0.1) is 6.61 Å². The second-order valence-corrected chi connectivity index (χ2v) is 5.99. The summed E-state index contributed by atoms with van der Waals surface area (Å²) in [6.45, 7) is 11.2. The Hall–Kier alpha value is -1.06. The number of hydrogen-bond acceptors (Lipinski definition) is 3. The van der Waals surface area contributed by atoms with Crippen molar-refractivity contribution in [3.05, 3.63) is 29.8 Å². The second-order valence-electron chi connectivity index (χ2n) is 5.99. The number of rotatable bonds is 8. The summed E-state index contributed by atoms with van der Waals surface area (Å²) in [6, 6.07) is 8.49. The first-order valence-corrected chi connectivity index (χ1v) is 8.46. The summed E-state index contributed by atoms with van der Waals surface area (Å²) in [5, 5.41) is 3.39. The third-order valence-corrected chi connectivity index (χ3v) is 4.40. The highest BCUT2D eigenvalue weighted by Gasteiger charge is 2.10. The topological polar surface area (TPSA) is 24.5 Å². The highest BCUT2D eigenvalue weighted by molar-refractivity contribution is 5.35. The number of para-hydroxylation sites is 1. The minimum absolute atomic E-state index is 0.571. The van der Waals surface area contributed by atoms with Gasteiger partial charge in [0.2, 0.25) is 0 Å². The Balaban J connectivity index is 1.68. The summed E-state index contributed by atoms with van der Waals surface area (Å²) in [5.41, 5.74) is 1.35. The Bertz CT molecular complexity index is 402. The molecule has 0 aromatic heterocycles. The second kappa shape index (κ2) is 9.06. The molecule has 1 fully saturated rings. The zero-order valence-corrected chi connectivity index (χ0v) is 13.6. The average molecular weight is 290 g/mol. The molecule has 3 nitrogen and oxygen atoms in total. The van der Waals surface area contributed by atoms with Crippen LogP contribution in [-0.4, -0.2) is 44.2 Å². The van der Waals surface area contributed by atoms with Crippen LogP contribution in [0.15, 0.2) is 24.3 Å². The van der Waals surface area contributed by atoms with Gasteiger partial charge in [0, 0.05) is 26.2 Å². The maximum atomic E-state index is 6.02. The van der Waals surface area contributed by atoms with E-state index in [1.165, 1.54) is 31.6 Å². The molecule has 3 heteroatoms. The molecule has 1 atom stereocenters. The fourth-order valence-corrected chi connectivity index (χ4v) is 2.79. The third-order valence-electron chi connectivity index (χ3n) is 4.40. The molecule has 0 aliphatic carbocycles. The fraction of sp³-hybridized carbons (Fsp3) is 0.667. The summed E-state index contributed by atoms with van der Waals surface area (Å²) in [4.78, 5) is 2.55.